The van der Waals surface area contributed by atoms with Crippen LogP contribution in [0.1, 0.15) is 45.5 Å². The van der Waals surface area contributed by atoms with Crippen LogP contribution in [-0.2, 0) is 11.3 Å². The highest BCUT2D eigenvalue weighted by Gasteiger charge is 2.30. The van der Waals surface area contributed by atoms with E-state index in [1.165, 1.54) is 11.1 Å². The molecule has 1 fully saturated rings. The first-order valence-electron chi connectivity index (χ1n) is 9.80. The van der Waals surface area contributed by atoms with Gasteiger partial charge >= 0.3 is 0 Å². The molecule has 3 heterocycles. The maximum Gasteiger partial charge on any atom is 0.288 e. The van der Waals surface area contributed by atoms with E-state index in [1.54, 1.807) is 7.05 Å². The molecule has 7 nitrogen and oxygen atoms in total. The number of hydrogen-bond donors (Lipinski definition) is 2. The number of carbonyl (C=O) groups excluding carboxylic acids is 1. The minimum absolute atomic E-state index is 0.213. The minimum atomic E-state index is -0.255. The topological polar surface area (TPSA) is 79.4 Å². The van der Waals surface area contributed by atoms with Crippen LogP contribution < -0.4 is 15.5 Å². The second-order valence-corrected chi connectivity index (χ2v) is 7.53. The first-order valence-corrected chi connectivity index (χ1v) is 9.80. The summed E-state index contributed by atoms with van der Waals surface area (Å²) in [6, 6.07) is 9.04. The van der Waals surface area contributed by atoms with Crippen LogP contribution >= 0.6 is 0 Å². The predicted molar refractivity (Wildman–Crippen MR) is 107 cm³/mol. The quantitative estimate of drug-likeness (QED) is 0.842. The molecule has 2 aromatic rings. The molecular weight excluding hydrogens is 354 g/mol. The van der Waals surface area contributed by atoms with Crippen LogP contribution in [-0.4, -0.2) is 48.7 Å². The van der Waals surface area contributed by atoms with E-state index < -0.39 is 0 Å². The summed E-state index contributed by atoms with van der Waals surface area (Å²) in [6.45, 7) is 7.08. The molecule has 2 aliphatic rings. The maximum atomic E-state index is 12.0. The van der Waals surface area contributed by atoms with Crippen molar-refractivity contribution in [2.45, 2.75) is 39.0 Å². The molecule has 2 N–H and O–H groups in total. The molecule has 2 aliphatic heterocycles. The van der Waals surface area contributed by atoms with Crippen LogP contribution in [0.4, 0.5) is 5.82 Å². The van der Waals surface area contributed by atoms with Gasteiger partial charge in [0.15, 0.2) is 0 Å². The van der Waals surface area contributed by atoms with Gasteiger partial charge in [-0.2, -0.15) is 0 Å². The Balaban J connectivity index is 1.50. The molecule has 0 saturated carbocycles. The van der Waals surface area contributed by atoms with Crippen LogP contribution in [0.15, 0.2) is 24.3 Å². The van der Waals surface area contributed by atoms with E-state index in [9.17, 15) is 4.79 Å². The van der Waals surface area contributed by atoms with Gasteiger partial charge in [-0.1, -0.05) is 24.3 Å². The minimum Gasteiger partial charge on any atom is -0.375 e. The summed E-state index contributed by atoms with van der Waals surface area (Å²) >= 11 is 0. The standard InChI is InChI=1S/C21H27N5O2/c1-13-14(2)23-19(21(27)22-3)25-20(13)26-9-8-16(10-26)24-18-12-28-11-15-6-4-5-7-17(15)18/h4-7,16,18,24H,8-12H2,1-3H3,(H,22,27)/t16-,18?/m1/s1. The van der Waals surface area contributed by atoms with Crippen LogP contribution in [0, 0.1) is 13.8 Å². The Labute approximate surface area is 165 Å². The third-order valence-electron chi connectivity index (χ3n) is 5.69. The Hall–Kier alpha value is -2.51. The third kappa shape index (κ3) is 3.59. The summed E-state index contributed by atoms with van der Waals surface area (Å²) in [5.41, 5.74) is 4.47. The summed E-state index contributed by atoms with van der Waals surface area (Å²) in [4.78, 5) is 23.1. The fourth-order valence-corrected chi connectivity index (χ4v) is 4.03. The van der Waals surface area contributed by atoms with Crippen molar-refractivity contribution in [3.05, 3.63) is 52.5 Å². The lowest BCUT2D eigenvalue weighted by atomic mass is 9.98. The highest BCUT2D eigenvalue weighted by molar-refractivity contribution is 5.90. The number of nitrogens with one attached hydrogen (secondary N) is 2. The lowest BCUT2D eigenvalue weighted by Gasteiger charge is -2.29. The van der Waals surface area contributed by atoms with Crippen molar-refractivity contribution in [1.82, 2.24) is 20.6 Å². The molecule has 0 radical (unpaired) electrons. The zero-order valence-corrected chi connectivity index (χ0v) is 16.7. The third-order valence-corrected chi connectivity index (χ3v) is 5.69. The fourth-order valence-electron chi connectivity index (χ4n) is 4.03. The van der Waals surface area contributed by atoms with Crippen LogP contribution in [0.5, 0.6) is 0 Å². The van der Waals surface area contributed by atoms with Crippen molar-refractivity contribution < 1.29 is 9.53 Å². The Morgan fingerprint density at radius 2 is 2.07 bits per heavy atom. The number of fused-ring (bicyclic) bond motifs is 1. The average molecular weight is 381 g/mol. The SMILES string of the molecule is CNC(=O)c1nc(C)c(C)c(N2CC[C@@H](NC3COCc4ccccc43)C2)n1. The van der Waals surface area contributed by atoms with Crippen molar-refractivity contribution >= 4 is 11.7 Å². The van der Waals surface area contributed by atoms with Gasteiger partial charge in [0.25, 0.3) is 5.91 Å². The van der Waals surface area contributed by atoms with E-state index in [1.807, 2.05) is 13.8 Å². The van der Waals surface area contributed by atoms with Gasteiger partial charge in [0.2, 0.25) is 5.82 Å². The highest BCUT2D eigenvalue weighted by atomic mass is 16.5. The smallest absolute Gasteiger partial charge is 0.288 e. The molecule has 4 rings (SSSR count). The molecule has 1 unspecified atom stereocenters. The van der Waals surface area contributed by atoms with Gasteiger partial charge in [0.1, 0.15) is 5.82 Å². The lowest BCUT2D eigenvalue weighted by Crippen LogP contribution is -2.39. The van der Waals surface area contributed by atoms with E-state index in [0.29, 0.717) is 19.3 Å². The number of hydrogen-bond acceptors (Lipinski definition) is 6. The zero-order valence-electron chi connectivity index (χ0n) is 16.7. The normalized spacial score (nSPS) is 21.5. The molecule has 1 aromatic heterocycles. The van der Waals surface area contributed by atoms with Gasteiger partial charge in [-0.3, -0.25) is 4.79 Å². The van der Waals surface area contributed by atoms with Crippen molar-refractivity contribution in [2.24, 2.45) is 0 Å². The van der Waals surface area contributed by atoms with Crippen molar-refractivity contribution in [3.63, 3.8) is 0 Å². The van der Waals surface area contributed by atoms with Gasteiger partial charge < -0.3 is 20.3 Å². The molecule has 0 spiro atoms. The number of rotatable bonds is 4. The molecule has 2 atom stereocenters. The highest BCUT2D eigenvalue weighted by Crippen LogP contribution is 2.28. The summed E-state index contributed by atoms with van der Waals surface area (Å²) < 4.78 is 5.78. The van der Waals surface area contributed by atoms with Gasteiger partial charge in [0, 0.05) is 37.4 Å². The molecule has 28 heavy (non-hydrogen) atoms. The molecule has 7 heteroatoms. The Morgan fingerprint density at radius 1 is 1.25 bits per heavy atom. The Kier molecular flexibility index (Phi) is 5.28. The summed E-state index contributed by atoms with van der Waals surface area (Å²) in [6.07, 6.45) is 1.02. The van der Waals surface area contributed by atoms with E-state index in [2.05, 4.69) is 49.8 Å². The molecular formula is C21H27N5O2. The average Bonchev–Trinajstić information content (AvgIpc) is 3.18. The number of benzene rings is 1. The number of anilines is 1. The molecule has 1 saturated heterocycles. The number of nitrogens with zero attached hydrogens (tertiary/aromatic N) is 3. The first-order chi connectivity index (χ1) is 13.6. The number of ether oxygens (including phenoxy) is 1. The summed E-state index contributed by atoms with van der Waals surface area (Å²) in [7, 11) is 1.60. The second-order valence-electron chi connectivity index (χ2n) is 7.53. The zero-order chi connectivity index (χ0) is 19.7. The maximum absolute atomic E-state index is 12.0. The van der Waals surface area contributed by atoms with Gasteiger partial charge in [-0.25, -0.2) is 9.97 Å². The molecule has 1 aromatic carbocycles. The van der Waals surface area contributed by atoms with E-state index in [4.69, 9.17) is 4.74 Å². The second kappa shape index (κ2) is 7.85. The molecule has 1 amide bonds. The Morgan fingerprint density at radius 3 is 2.89 bits per heavy atom. The van der Waals surface area contributed by atoms with E-state index >= 15 is 0 Å². The first kappa shape index (κ1) is 18.8. The van der Waals surface area contributed by atoms with Crippen LogP contribution in [0.2, 0.25) is 0 Å². The van der Waals surface area contributed by atoms with Gasteiger partial charge in [0.05, 0.1) is 19.3 Å². The van der Waals surface area contributed by atoms with Gasteiger partial charge in [-0.15, -0.1) is 0 Å². The number of amides is 1. The van der Waals surface area contributed by atoms with E-state index in [-0.39, 0.29) is 17.8 Å². The fraction of sp³-hybridized carbons (Fsp3) is 0.476. The monoisotopic (exact) mass is 381 g/mol. The number of aryl methyl sites for hydroxylation is 1. The van der Waals surface area contributed by atoms with Crippen molar-refractivity contribution in [3.8, 4) is 0 Å². The predicted octanol–water partition coefficient (Wildman–Crippen LogP) is 1.89. The lowest BCUT2D eigenvalue weighted by molar-refractivity contribution is 0.0792. The van der Waals surface area contributed by atoms with Gasteiger partial charge in [-0.05, 0) is 31.4 Å². The number of aromatic nitrogens is 2. The molecule has 0 bridgehead atoms. The van der Waals surface area contributed by atoms with Crippen LogP contribution in [0.25, 0.3) is 0 Å². The van der Waals surface area contributed by atoms with Crippen LogP contribution in [0.3, 0.4) is 0 Å². The Bertz CT molecular complexity index is 885. The summed E-state index contributed by atoms with van der Waals surface area (Å²) in [5, 5.41) is 6.38. The number of carbonyl (C=O) groups is 1. The van der Waals surface area contributed by atoms with E-state index in [0.717, 1.165) is 36.6 Å². The van der Waals surface area contributed by atoms with Crippen molar-refractivity contribution in [2.75, 3.05) is 31.6 Å². The molecule has 0 aliphatic carbocycles. The summed E-state index contributed by atoms with van der Waals surface area (Å²) in [5.74, 6) is 0.830. The van der Waals surface area contributed by atoms with Crippen molar-refractivity contribution in [1.29, 1.82) is 0 Å². The largest absolute Gasteiger partial charge is 0.375 e. The molecule has 148 valence electrons.